The Morgan fingerprint density at radius 3 is 2.42 bits per heavy atom. The van der Waals surface area contributed by atoms with Gasteiger partial charge in [-0.1, -0.05) is 0 Å². The minimum absolute atomic E-state index is 0.342. The molecule has 0 fully saturated rings. The van der Waals surface area contributed by atoms with E-state index in [-0.39, 0.29) is 5.82 Å². The minimum atomic E-state index is -0.783. The van der Waals surface area contributed by atoms with E-state index in [9.17, 15) is 9.50 Å². The van der Waals surface area contributed by atoms with Gasteiger partial charge in [-0.15, -0.1) is 0 Å². The van der Waals surface area contributed by atoms with Crippen molar-refractivity contribution in [2.75, 3.05) is 0 Å². The van der Waals surface area contributed by atoms with Gasteiger partial charge in [-0.25, -0.2) is 4.39 Å². The van der Waals surface area contributed by atoms with Crippen molar-refractivity contribution in [1.29, 1.82) is 0 Å². The predicted molar refractivity (Wildman–Crippen MR) is 81.0 cm³/mol. The number of halogens is 2. The lowest BCUT2D eigenvalue weighted by atomic mass is 10.1. The molecule has 2 rings (SSSR count). The normalized spacial score (nSPS) is 12.3. The van der Waals surface area contributed by atoms with Crippen LogP contribution in [0.4, 0.5) is 4.39 Å². The molecule has 0 spiro atoms. The molecular weight excluding hydrogens is 358 g/mol. The van der Waals surface area contributed by atoms with Gasteiger partial charge in [0.25, 0.3) is 0 Å². The molecule has 19 heavy (non-hydrogen) atoms. The summed E-state index contributed by atoms with van der Waals surface area (Å²) in [7, 11) is 0. The van der Waals surface area contributed by atoms with E-state index in [1.165, 1.54) is 6.07 Å². The molecule has 0 radical (unpaired) electrons. The van der Waals surface area contributed by atoms with Crippen LogP contribution >= 0.6 is 22.6 Å². The summed E-state index contributed by atoms with van der Waals surface area (Å²) >= 11 is 2.21. The smallest absolute Gasteiger partial charge is 0.133 e. The Hall–Kier alpha value is -1.14. The van der Waals surface area contributed by atoms with Crippen molar-refractivity contribution in [2.24, 2.45) is 0 Å². The summed E-state index contributed by atoms with van der Waals surface area (Å²) in [6.45, 7) is 3.26. The molecule has 0 aromatic heterocycles. The number of hydrogen-bond donors (Lipinski definition) is 1. The number of rotatable bonds is 3. The van der Waals surface area contributed by atoms with Crippen molar-refractivity contribution in [3.8, 4) is 11.5 Å². The van der Waals surface area contributed by atoms with Gasteiger partial charge in [-0.2, -0.15) is 0 Å². The Balaban J connectivity index is 2.38. The van der Waals surface area contributed by atoms with E-state index in [1.807, 2.05) is 24.3 Å². The number of benzene rings is 2. The first-order valence-electron chi connectivity index (χ1n) is 5.89. The van der Waals surface area contributed by atoms with E-state index in [2.05, 4.69) is 22.6 Å². The first-order valence-corrected chi connectivity index (χ1v) is 6.97. The first-order chi connectivity index (χ1) is 8.97. The Morgan fingerprint density at radius 2 is 1.84 bits per heavy atom. The van der Waals surface area contributed by atoms with Gasteiger partial charge in [0.2, 0.25) is 0 Å². The van der Waals surface area contributed by atoms with Crippen molar-refractivity contribution in [1.82, 2.24) is 0 Å². The highest BCUT2D eigenvalue weighted by Gasteiger charge is 2.13. The summed E-state index contributed by atoms with van der Waals surface area (Å²) in [4.78, 5) is 0. The molecule has 2 aromatic rings. The monoisotopic (exact) mass is 372 g/mol. The van der Waals surface area contributed by atoms with Crippen LogP contribution in [0.2, 0.25) is 0 Å². The zero-order valence-electron chi connectivity index (χ0n) is 10.7. The second-order valence-electron chi connectivity index (χ2n) is 4.37. The van der Waals surface area contributed by atoms with Crippen LogP contribution in [0.1, 0.15) is 24.2 Å². The Kier molecular flexibility index (Phi) is 4.42. The Morgan fingerprint density at radius 1 is 1.21 bits per heavy atom. The molecule has 1 atom stereocenters. The van der Waals surface area contributed by atoms with Gasteiger partial charge in [0.05, 0.1) is 6.10 Å². The molecule has 1 unspecified atom stereocenters. The van der Waals surface area contributed by atoms with Crippen molar-refractivity contribution < 1.29 is 14.2 Å². The number of aryl methyl sites for hydroxylation is 1. The van der Waals surface area contributed by atoms with Crippen LogP contribution in [0.5, 0.6) is 11.5 Å². The van der Waals surface area contributed by atoms with Gasteiger partial charge in [0.15, 0.2) is 0 Å². The quantitative estimate of drug-likeness (QED) is 0.799. The minimum Gasteiger partial charge on any atom is -0.457 e. The molecule has 0 aliphatic rings. The zero-order valence-corrected chi connectivity index (χ0v) is 12.8. The highest BCUT2D eigenvalue weighted by molar-refractivity contribution is 14.1. The van der Waals surface area contributed by atoms with E-state index in [1.54, 1.807) is 19.9 Å². The first kappa shape index (κ1) is 14.3. The van der Waals surface area contributed by atoms with Crippen LogP contribution in [0.15, 0.2) is 36.4 Å². The van der Waals surface area contributed by atoms with E-state index < -0.39 is 6.10 Å². The van der Waals surface area contributed by atoms with Crippen LogP contribution < -0.4 is 4.74 Å². The number of aliphatic hydroxyl groups is 1. The zero-order chi connectivity index (χ0) is 14.0. The average molecular weight is 372 g/mol. The van der Waals surface area contributed by atoms with E-state index in [0.29, 0.717) is 22.6 Å². The van der Waals surface area contributed by atoms with E-state index in [0.717, 1.165) is 3.57 Å². The number of aliphatic hydroxyl groups excluding tert-OH is 1. The van der Waals surface area contributed by atoms with Gasteiger partial charge in [0, 0.05) is 9.13 Å². The molecule has 100 valence electrons. The Bertz CT molecular complexity index is 579. The summed E-state index contributed by atoms with van der Waals surface area (Å²) in [5.74, 6) is 0.800. The third-order valence-electron chi connectivity index (χ3n) is 2.78. The fourth-order valence-corrected chi connectivity index (χ4v) is 2.07. The van der Waals surface area contributed by atoms with Crippen molar-refractivity contribution in [3.05, 3.63) is 56.9 Å². The summed E-state index contributed by atoms with van der Waals surface area (Å²) in [5.41, 5.74) is 0.937. The van der Waals surface area contributed by atoms with E-state index >= 15 is 0 Å². The maximum absolute atomic E-state index is 13.5. The summed E-state index contributed by atoms with van der Waals surface area (Å²) < 4.78 is 20.4. The molecule has 4 heteroatoms. The molecule has 0 saturated carbocycles. The molecule has 0 bridgehead atoms. The van der Waals surface area contributed by atoms with Crippen LogP contribution in [0, 0.1) is 16.3 Å². The summed E-state index contributed by atoms with van der Waals surface area (Å²) in [5, 5.41) is 9.69. The fourth-order valence-electron chi connectivity index (χ4n) is 1.71. The molecule has 0 amide bonds. The highest BCUT2D eigenvalue weighted by Crippen LogP contribution is 2.32. The lowest BCUT2D eigenvalue weighted by molar-refractivity contribution is 0.195. The van der Waals surface area contributed by atoms with Crippen LogP contribution in [-0.2, 0) is 0 Å². The predicted octanol–water partition coefficient (Wildman–Crippen LogP) is 4.58. The largest absolute Gasteiger partial charge is 0.457 e. The highest BCUT2D eigenvalue weighted by atomic mass is 127. The second-order valence-corrected chi connectivity index (χ2v) is 5.62. The summed E-state index contributed by atoms with van der Waals surface area (Å²) in [6.07, 6.45) is -0.783. The van der Waals surface area contributed by atoms with Crippen molar-refractivity contribution in [3.63, 3.8) is 0 Å². The molecule has 0 saturated heterocycles. The third kappa shape index (κ3) is 3.45. The van der Waals surface area contributed by atoms with Gasteiger partial charge >= 0.3 is 0 Å². The SMILES string of the molecule is Cc1cc(Oc2ccc(I)cc2)c(C(C)O)cc1F. The van der Waals surface area contributed by atoms with E-state index in [4.69, 9.17) is 4.74 Å². The molecule has 0 aliphatic heterocycles. The molecule has 0 heterocycles. The average Bonchev–Trinajstić information content (AvgIpc) is 2.36. The van der Waals surface area contributed by atoms with Crippen LogP contribution in [-0.4, -0.2) is 5.11 Å². The van der Waals surface area contributed by atoms with Gasteiger partial charge in [-0.3, -0.25) is 0 Å². The Labute approximate surface area is 125 Å². The summed E-state index contributed by atoms with van der Waals surface area (Å²) in [6, 6.07) is 10.5. The van der Waals surface area contributed by atoms with Gasteiger partial charge in [-0.05, 0) is 78.4 Å². The standard InChI is InChI=1S/C15H14FIO2/c1-9-7-15(13(10(2)18)8-14(9)16)19-12-5-3-11(17)4-6-12/h3-8,10,18H,1-2H3. The molecular formula is C15H14FIO2. The lowest BCUT2D eigenvalue weighted by Crippen LogP contribution is -1.99. The lowest BCUT2D eigenvalue weighted by Gasteiger charge is -2.14. The van der Waals surface area contributed by atoms with Gasteiger partial charge in [0.1, 0.15) is 17.3 Å². The van der Waals surface area contributed by atoms with Crippen molar-refractivity contribution >= 4 is 22.6 Å². The third-order valence-corrected chi connectivity index (χ3v) is 3.50. The van der Waals surface area contributed by atoms with Gasteiger partial charge < -0.3 is 9.84 Å². The molecule has 2 nitrogen and oxygen atoms in total. The maximum atomic E-state index is 13.5. The number of hydrogen-bond acceptors (Lipinski definition) is 2. The van der Waals surface area contributed by atoms with Crippen LogP contribution in [0.25, 0.3) is 0 Å². The van der Waals surface area contributed by atoms with Crippen LogP contribution in [0.3, 0.4) is 0 Å². The fraction of sp³-hybridized carbons (Fsp3) is 0.200. The topological polar surface area (TPSA) is 29.5 Å². The second kappa shape index (κ2) is 5.88. The maximum Gasteiger partial charge on any atom is 0.133 e. The molecule has 0 aliphatic carbocycles. The number of ether oxygens (including phenoxy) is 1. The molecule has 1 N–H and O–H groups in total. The molecule has 2 aromatic carbocycles. The van der Waals surface area contributed by atoms with Crippen molar-refractivity contribution in [2.45, 2.75) is 20.0 Å².